The average molecular weight is 317 g/mol. The van der Waals surface area contributed by atoms with E-state index in [1.807, 2.05) is 0 Å². The Morgan fingerprint density at radius 3 is 2.27 bits per heavy atom. The molecule has 1 atom stereocenters. The SMILES string of the molecule is CC(C)C(C)CNCc1ccc(I)cc1. The molecule has 0 radical (unpaired) electrons. The molecule has 0 aliphatic carbocycles. The van der Waals surface area contributed by atoms with Gasteiger partial charge in [0.1, 0.15) is 0 Å². The van der Waals surface area contributed by atoms with Crippen molar-refractivity contribution >= 4 is 22.6 Å². The van der Waals surface area contributed by atoms with Crippen molar-refractivity contribution in [2.45, 2.75) is 27.3 Å². The van der Waals surface area contributed by atoms with Crippen LogP contribution in [0.3, 0.4) is 0 Å². The number of hydrogen-bond donors (Lipinski definition) is 1. The van der Waals surface area contributed by atoms with Crippen LogP contribution in [-0.2, 0) is 6.54 Å². The van der Waals surface area contributed by atoms with Crippen molar-refractivity contribution in [2.24, 2.45) is 11.8 Å². The van der Waals surface area contributed by atoms with Gasteiger partial charge in [-0.1, -0.05) is 32.9 Å². The molecule has 0 saturated heterocycles. The van der Waals surface area contributed by atoms with Crippen LogP contribution < -0.4 is 5.32 Å². The van der Waals surface area contributed by atoms with Crippen LogP contribution in [0.1, 0.15) is 26.3 Å². The second-order valence-electron chi connectivity index (χ2n) is 4.48. The lowest BCUT2D eigenvalue weighted by Gasteiger charge is -2.16. The largest absolute Gasteiger partial charge is 0.312 e. The minimum absolute atomic E-state index is 0.744. The molecule has 1 nitrogen and oxygen atoms in total. The van der Waals surface area contributed by atoms with Gasteiger partial charge in [0.25, 0.3) is 0 Å². The first-order valence-electron chi connectivity index (χ1n) is 5.54. The third kappa shape index (κ3) is 4.98. The standard InChI is InChI=1S/C13H20IN/c1-10(2)11(3)8-15-9-12-4-6-13(14)7-5-12/h4-7,10-11,15H,8-9H2,1-3H3. The molecule has 0 bridgehead atoms. The van der Waals surface area contributed by atoms with Gasteiger partial charge in [0, 0.05) is 10.1 Å². The molecule has 1 rings (SSSR count). The maximum absolute atomic E-state index is 3.50. The second kappa shape index (κ2) is 6.48. The van der Waals surface area contributed by atoms with E-state index >= 15 is 0 Å². The summed E-state index contributed by atoms with van der Waals surface area (Å²) in [6.07, 6.45) is 0. The van der Waals surface area contributed by atoms with Crippen LogP contribution in [0.2, 0.25) is 0 Å². The van der Waals surface area contributed by atoms with Crippen molar-refractivity contribution in [3.8, 4) is 0 Å². The monoisotopic (exact) mass is 317 g/mol. The molecule has 1 unspecified atom stereocenters. The summed E-state index contributed by atoms with van der Waals surface area (Å²) in [6.45, 7) is 8.93. The molecule has 0 aliphatic rings. The van der Waals surface area contributed by atoms with Crippen LogP contribution in [0, 0.1) is 15.4 Å². The average Bonchev–Trinajstić information content (AvgIpc) is 2.20. The maximum atomic E-state index is 3.50. The highest BCUT2D eigenvalue weighted by Gasteiger charge is 2.05. The minimum atomic E-state index is 0.744. The molecule has 0 aliphatic heterocycles. The zero-order chi connectivity index (χ0) is 11.3. The Morgan fingerprint density at radius 2 is 1.73 bits per heavy atom. The molecule has 0 heterocycles. The number of halogens is 1. The van der Waals surface area contributed by atoms with E-state index in [2.05, 4.69) is 72.9 Å². The predicted octanol–water partition coefficient (Wildman–Crippen LogP) is 3.67. The minimum Gasteiger partial charge on any atom is -0.312 e. The van der Waals surface area contributed by atoms with E-state index in [-0.39, 0.29) is 0 Å². The summed E-state index contributed by atoms with van der Waals surface area (Å²) in [5.41, 5.74) is 1.37. The highest BCUT2D eigenvalue weighted by atomic mass is 127. The Bertz CT molecular complexity index is 279. The van der Waals surface area contributed by atoms with Gasteiger partial charge in [-0.3, -0.25) is 0 Å². The van der Waals surface area contributed by atoms with Gasteiger partial charge in [0.05, 0.1) is 0 Å². The predicted molar refractivity (Wildman–Crippen MR) is 74.9 cm³/mol. The van der Waals surface area contributed by atoms with Crippen molar-refractivity contribution in [3.05, 3.63) is 33.4 Å². The summed E-state index contributed by atoms with van der Waals surface area (Å²) in [5, 5.41) is 3.50. The fourth-order valence-electron chi connectivity index (χ4n) is 1.28. The van der Waals surface area contributed by atoms with Crippen LogP contribution in [0.25, 0.3) is 0 Å². The van der Waals surface area contributed by atoms with Gasteiger partial charge < -0.3 is 5.32 Å². The second-order valence-corrected chi connectivity index (χ2v) is 5.72. The van der Waals surface area contributed by atoms with Crippen LogP contribution in [0.15, 0.2) is 24.3 Å². The van der Waals surface area contributed by atoms with E-state index in [0.29, 0.717) is 0 Å². The molecule has 15 heavy (non-hydrogen) atoms. The lowest BCUT2D eigenvalue weighted by atomic mass is 9.98. The Kier molecular flexibility index (Phi) is 5.61. The first-order chi connectivity index (χ1) is 7.09. The molecule has 2 heteroatoms. The van der Waals surface area contributed by atoms with Crippen molar-refractivity contribution in [1.82, 2.24) is 5.32 Å². The van der Waals surface area contributed by atoms with Gasteiger partial charge in [-0.15, -0.1) is 0 Å². The third-order valence-electron chi connectivity index (χ3n) is 2.85. The maximum Gasteiger partial charge on any atom is 0.0205 e. The van der Waals surface area contributed by atoms with Gasteiger partial charge in [0.15, 0.2) is 0 Å². The molecular weight excluding hydrogens is 297 g/mol. The fourth-order valence-corrected chi connectivity index (χ4v) is 1.64. The van der Waals surface area contributed by atoms with Crippen LogP contribution >= 0.6 is 22.6 Å². The van der Waals surface area contributed by atoms with Gasteiger partial charge in [0.2, 0.25) is 0 Å². The first kappa shape index (κ1) is 13.0. The molecular formula is C13H20IN. The molecule has 0 aromatic heterocycles. The van der Waals surface area contributed by atoms with Crippen molar-refractivity contribution < 1.29 is 0 Å². The Hall–Kier alpha value is -0.0900. The molecule has 1 aromatic rings. The molecule has 0 amide bonds. The molecule has 1 aromatic carbocycles. The van der Waals surface area contributed by atoms with Gasteiger partial charge in [-0.25, -0.2) is 0 Å². The van der Waals surface area contributed by atoms with Gasteiger partial charge in [-0.05, 0) is 58.7 Å². The summed E-state index contributed by atoms with van der Waals surface area (Å²) < 4.78 is 1.30. The van der Waals surface area contributed by atoms with E-state index in [4.69, 9.17) is 0 Å². The fraction of sp³-hybridized carbons (Fsp3) is 0.538. The summed E-state index contributed by atoms with van der Waals surface area (Å²) in [7, 11) is 0. The summed E-state index contributed by atoms with van der Waals surface area (Å²) in [4.78, 5) is 0. The molecule has 84 valence electrons. The Labute approximate surface area is 107 Å². The molecule has 0 fully saturated rings. The zero-order valence-electron chi connectivity index (χ0n) is 9.76. The Balaban J connectivity index is 2.29. The van der Waals surface area contributed by atoms with Gasteiger partial charge >= 0.3 is 0 Å². The van der Waals surface area contributed by atoms with Gasteiger partial charge in [-0.2, -0.15) is 0 Å². The number of hydrogen-bond acceptors (Lipinski definition) is 1. The van der Waals surface area contributed by atoms with Crippen molar-refractivity contribution in [3.63, 3.8) is 0 Å². The summed E-state index contributed by atoms with van der Waals surface area (Å²) >= 11 is 2.33. The highest BCUT2D eigenvalue weighted by Crippen LogP contribution is 2.09. The van der Waals surface area contributed by atoms with Crippen molar-refractivity contribution in [1.29, 1.82) is 0 Å². The molecule has 0 saturated carbocycles. The molecule has 0 spiro atoms. The normalized spacial score (nSPS) is 13.1. The zero-order valence-corrected chi connectivity index (χ0v) is 11.9. The third-order valence-corrected chi connectivity index (χ3v) is 3.57. The number of nitrogens with one attached hydrogen (secondary N) is 1. The first-order valence-corrected chi connectivity index (χ1v) is 6.62. The lowest BCUT2D eigenvalue weighted by Crippen LogP contribution is -2.23. The summed E-state index contributed by atoms with van der Waals surface area (Å²) in [6, 6.07) is 8.69. The van der Waals surface area contributed by atoms with E-state index in [9.17, 15) is 0 Å². The Morgan fingerprint density at radius 1 is 1.13 bits per heavy atom. The highest BCUT2D eigenvalue weighted by molar-refractivity contribution is 14.1. The van der Waals surface area contributed by atoms with E-state index in [1.54, 1.807) is 0 Å². The smallest absolute Gasteiger partial charge is 0.0205 e. The molecule has 1 N–H and O–H groups in total. The number of benzene rings is 1. The summed E-state index contributed by atoms with van der Waals surface area (Å²) in [5.74, 6) is 1.50. The van der Waals surface area contributed by atoms with Crippen LogP contribution in [-0.4, -0.2) is 6.54 Å². The van der Waals surface area contributed by atoms with E-state index in [0.717, 1.165) is 24.9 Å². The van der Waals surface area contributed by atoms with Crippen molar-refractivity contribution in [2.75, 3.05) is 6.54 Å². The quantitative estimate of drug-likeness (QED) is 0.817. The number of rotatable bonds is 5. The lowest BCUT2D eigenvalue weighted by molar-refractivity contribution is 0.392. The van der Waals surface area contributed by atoms with Crippen LogP contribution in [0.5, 0.6) is 0 Å². The van der Waals surface area contributed by atoms with Crippen LogP contribution in [0.4, 0.5) is 0 Å². The topological polar surface area (TPSA) is 12.0 Å². The van der Waals surface area contributed by atoms with E-state index < -0.39 is 0 Å². The van der Waals surface area contributed by atoms with E-state index in [1.165, 1.54) is 9.13 Å².